The first-order valence-corrected chi connectivity index (χ1v) is 6.40. The maximum atomic E-state index is 6.15. The van der Waals surface area contributed by atoms with Crippen LogP contribution in [0, 0.1) is 13.8 Å². The molecule has 0 amide bonds. The van der Waals surface area contributed by atoms with Crippen LogP contribution in [-0.4, -0.2) is 9.78 Å². The Bertz CT molecular complexity index is 543. The van der Waals surface area contributed by atoms with Gasteiger partial charge in [-0.1, -0.05) is 17.7 Å². The zero-order valence-electron chi connectivity index (χ0n) is 9.67. The second-order valence-corrected chi connectivity index (χ2v) is 5.15. The van der Waals surface area contributed by atoms with Crippen molar-refractivity contribution in [2.24, 2.45) is 0 Å². The van der Waals surface area contributed by atoms with Crippen molar-refractivity contribution in [3.8, 4) is 0 Å². The number of benzene rings is 1. The molecule has 0 fully saturated rings. The predicted molar refractivity (Wildman–Crippen MR) is 74.4 cm³/mol. The molecule has 1 heterocycles. The van der Waals surface area contributed by atoms with Crippen molar-refractivity contribution >= 4 is 33.2 Å². The van der Waals surface area contributed by atoms with Gasteiger partial charge < -0.3 is 5.73 Å². The summed E-state index contributed by atoms with van der Waals surface area (Å²) in [5, 5.41) is 5.12. The SMILES string of the molecule is Cc1nn(Cc2c(N)cccc2Cl)c(C)c1Br. The molecular formula is C12H13BrClN3. The highest BCUT2D eigenvalue weighted by Crippen LogP contribution is 2.25. The minimum Gasteiger partial charge on any atom is -0.398 e. The average Bonchev–Trinajstić information content (AvgIpc) is 2.52. The van der Waals surface area contributed by atoms with Gasteiger partial charge in [-0.15, -0.1) is 0 Å². The van der Waals surface area contributed by atoms with Crippen LogP contribution in [-0.2, 0) is 6.54 Å². The molecule has 90 valence electrons. The smallest absolute Gasteiger partial charge is 0.0738 e. The maximum absolute atomic E-state index is 6.15. The molecule has 1 aromatic carbocycles. The van der Waals surface area contributed by atoms with E-state index in [1.165, 1.54) is 0 Å². The molecule has 0 aliphatic carbocycles. The summed E-state index contributed by atoms with van der Waals surface area (Å²) < 4.78 is 2.93. The maximum Gasteiger partial charge on any atom is 0.0738 e. The lowest BCUT2D eigenvalue weighted by Gasteiger charge is -2.09. The molecule has 2 N–H and O–H groups in total. The molecule has 0 radical (unpaired) electrons. The predicted octanol–water partition coefficient (Wildman–Crippen LogP) is 3.55. The number of rotatable bonds is 2. The fraction of sp³-hybridized carbons (Fsp3) is 0.250. The number of aromatic nitrogens is 2. The summed E-state index contributed by atoms with van der Waals surface area (Å²) >= 11 is 9.65. The summed E-state index contributed by atoms with van der Waals surface area (Å²) in [6.45, 7) is 4.56. The minimum atomic E-state index is 0.587. The minimum absolute atomic E-state index is 0.587. The van der Waals surface area contributed by atoms with Gasteiger partial charge in [0.05, 0.1) is 22.4 Å². The second-order valence-electron chi connectivity index (χ2n) is 3.95. The molecule has 3 nitrogen and oxygen atoms in total. The van der Waals surface area contributed by atoms with Crippen LogP contribution in [0.1, 0.15) is 17.0 Å². The number of nitrogen functional groups attached to an aromatic ring is 1. The van der Waals surface area contributed by atoms with Gasteiger partial charge in [-0.05, 0) is 41.9 Å². The highest BCUT2D eigenvalue weighted by molar-refractivity contribution is 9.10. The van der Waals surface area contributed by atoms with Gasteiger partial charge in [-0.2, -0.15) is 5.10 Å². The largest absolute Gasteiger partial charge is 0.398 e. The fourth-order valence-electron chi connectivity index (χ4n) is 1.72. The standard InChI is InChI=1S/C12H13BrClN3/c1-7-12(13)8(2)17(16-7)6-9-10(14)4-3-5-11(9)15/h3-5H,6,15H2,1-2H3. The van der Waals surface area contributed by atoms with Gasteiger partial charge in [0.2, 0.25) is 0 Å². The van der Waals surface area contributed by atoms with Crippen molar-refractivity contribution < 1.29 is 0 Å². The van der Waals surface area contributed by atoms with Crippen molar-refractivity contribution in [3.63, 3.8) is 0 Å². The van der Waals surface area contributed by atoms with Crippen molar-refractivity contribution in [3.05, 3.63) is 44.6 Å². The first kappa shape index (κ1) is 12.5. The number of halogens is 2. The molecule has 17 heavy (non-hydrogen) atoms. The number of aryl methyl sites for hydroxylation is 1. The molecule has 0 aliphatic heterocycles. The quantitative estimate of drug-likeness (QED) is 0.862. The first-order valence-electron chi connectivity index (χ1n) is 5.23. The number of hydrogen-bond acceptors (Lipinski definition) is 2. The Morgan fingerprint density at radius 1 is 1.41 bits per heavy atom. The Kier molecular flexibility index (Phi) is 3.45. The molecule has 2 aromatic rings. The molecular weight excluding hydrogens is 302 g/mol. The van der Waals surface area contributed by atoms with E-state index in [1.54, 1.807) is 0 Å². The summed E-state index contributed by atoms with van der Waals surface area (Å²) in [6, 6.07) is 5.54. The van der Waals surface area contributed by atoms with Gasteiger partial charge in [0.15, 0.2) is 0 Å². The lowest BCUT2D eigenvalue weighted by Crippen LogP contribution is -2.07. The van der Waals surface area contributed by atoms with Crippen molar-refractivity contribution in [1.29, 1.82) is 0 Å². The van der Waals surface area contributed by atoms with Crippen LogP contribution in [0.4, 0.5) is 5.69 Å². The Morgan fingerprint density at radius 2 is 2.12 bits per heavy atom. The lowest BCUT2D eigenvalue weighted by molar-refractivity contribution is 0.660. The van der Waals surface area contributed by atoms with Gasteiger partial charge in [0, 0.05) is 16.3 Å². The van der Waals surface area contributed by atoms with Crippen LogP contribution in [0.25, 0.3) is 0 Å². The molecule has 2 rings (SSSR count). The Labute approximate surface area is 114 Å². The van der Waals surface area contributed by atoms with E-state index in [-0.39, 0.29) is 0 Å². The molecule has 5 heteroatoms. The van der Waals surface area contributed by atoms with E-state index < -0.39 is 0 Å². The van der Waals surface area contributed by atoms with Gasteiger partial charge in [0.25, 0.3) is 0 Å². The van der Waals surface area contributed by atoms with E-state index >= 15 is 0 Å². The van der Waals surface area contributed by atoms with Crippen LogP contribution in [0.3, 0.4) is 0 Å². The Hall–Kier alpha value is -1.000. The number of nitrogens with zero attached hydrogens (tertiary/aromatic N) is 2. The molecule has 0 saturated carbocycles. The zero-order valence-corrected chi connectivity index (χ0v) is 12.0. The van der Waals surface area contributed by atoms with Crippen molar-refractivity contribution in [2.45, 2.75) is 20.4 Å². The monoisotopic (exact) mass is 313 g/mol. The molecule has 1 aromatic heterocycles. The Balaban J connectivity index is 2.41. The van der Waals surface area contributed by atoms with E-state index in [2.05, 4.69) is 21.0 Å². The van der Waals surface area contributed by atoms with Crippen LogP contribution in [0.5, 0.6) is 0 Å². The topological polar surface area (TPSA) is 43.8 Å². The van der Waals surface area contributed by atoms with E-state index in [4.69, 9.17) is 17.3 Å². The third kappa shape index (κ3) is 2.33. The highest BCUT2D eigenvalue weighted by atomic mass is 79.9. The normalized spacial score (nSPS) is 10.8. The molecule has 0 bridgehead atoms. The number of nitrogens with two attached hydrogens (primary N) is 1. The summed E-state index contributed by atoms with van der Waals surface area (Å²) in [7, 11) is 0. The Morgan fingerprint density at radius 3 is 2.65 bits per heavy atom. The molecule has 0 saturated heterocycles. The highest BCUT2D eigenvalue weighted by Gasteiger charge is 2.11. The van der Waals surface area contributed by atoms with Gasteiger partial charge >= 0.3 is 0 Å². The molecule has 0 unspecified atom stereocenters. The van der Waals surface area contributed by atoms with Crippen LogP contribution in [0.2, 0.25) is 5.02 Å². The van der Waals surface area contributed by atoms with E-state index in [1.807, 2.05) is 36.7 Å². The third-order valence-corrected chi connectivity index (χ3v) is 4.26. The fourth-order valence-corrected chi connectivity index (χ4v) is 2.25. The van der Waals surface area contributed by atoms with Gasteiger partial charge in [-0.25, -0.2) is 0 Å². The molecule has 0 atom stereocenters. The van der Waals surface area contributed by atoms with E-state index in [9.17, 15) is 0 Å². The number of anilines is 1. The average molecular weight is 315 g/mol. The first-order chi connectivity index (χ1) is 8.00. The van der Waals surface area contributed by atoms with Crippen LogP contribution >= 0.6 is 27.5 Å². The van der Waals surface area contributed by atoms with Crippen LogP contribution in [0.15, 0.2) is 22.7 Å². The molecule has 0 aliphatic rings. The van der Waals surface area contributed by atoms with E-state index in [0.717, 1.165) is 21.4 Å². The summed E-state index contributed by atoms with van der Waals surface area (Å²) in [5.74, 6) is 0. The lowest BCUT2D eigenvalue weighted by atomic mass is 10.2. The second kappa shape index (κ2) is 4.70. The van der Waals surface area contributed by atoms with Crippen molar-refractivity contribution in [2.75, 3.05) is 5.73 Å². The van der Waals surface area contributed by atoms with Crippen molar-refractivity contribution in [1.82, 2.24) is 9.78 Å². The van der Waals surface area contributed by atoms with Gasteiger partial charge in [0.1, 0.15) is 0 Å². The summed E-state index contributed by atoms with van der Waals surface area (Å²) in [4.78, 5) is 0. The molecule has 0 spiro atoms. The van der Waals surface area contributed by atoms with E-state index in [0.29, 0.717) is 17.3 Å². The number of hydrogen-bond donors (Lipinski definition) is 1. The third-order valence-electron chi connectivity index (χ3n) is 2.76. The van der Waals surface area contributed by atoms with Crippen LogP contribution < -0.4 is 5.73 Å². The zero-order chi connectivity index (χ0) is 12.6. The van der Waals surface area contributed by atoms with Gasteiger partial charge in [-0.3, -0.25) is 4.68 Å². The summed E-state index contributed by atoms with van der Waals surface area (Å²) in [6.07, 6.45) is 0. The summed E-state index contributed by atoms with van der Waals surface area (Å²) in [5.41, 5.74) is 9.57.